The fourth-order valence-corrected chi connectivity index (χ4v) is 3.47. The first kappa shape index (κ1) is 17.5. The lowest BCUT2D eigenvalue weighted by atomic mass is 10.2. The molecule has 0 unspecified atom stereocenters. The second-order valence-corrected chi connectivity index (χ2v) is 8.09. The highest BCUT2D eigenvalue weighted by Gasteiger charge is 2.29. The molecular weight excluding hydrogens is 318 g/mol. The molecule has 0 amide bonds. The summed E-state index contributed by atoms with van der Waals surface area (Å²) in [6.07, 6.45) is 1.56. The molecule has 8 nitrogen and oxygen atoms in total. The molecule has 0 radical (unpaired) electrons. The van der Waals surface area contributed by atoms with E-state index in [1.807, 2.05) is 27.7 Å². The van der Waals surface area contributed by atoms with Gasteiger partial charge in [0.15, 0.2) is 0 Å². The number of hydrogen-bond acceptors (Lipinski definition) is 7. The molecule has 2 heterocycles. The number of anilines is 1. The van der Waals surface area contributed by atoms with E-state index < -0.39 is 9.84 Å². The van der Waals surface area contributed by atoms with Crippen molar-refractivity contribution in [3.05, 3.63) is 17.8 Å². The molecule has 0 atom stereocenters. The average Bonchev–Trinajstić information content (AvgIpc) is 3.03. The molecule has 0 fully saturated rings. The van der Waals surface area contributed by atoms with Crippen molar-refractivity contribution in [2.75, 3.05) is 19.0 Å². The molecule has 0 aliphatic heterocycles. The third-order valence-corrected chi connectivity index (χ3v) is 4.76. The summed E-state index contributed by atoms with van der Waals surface area (Å²) in [6, 6.07) is -0.0945. The van der Waals surface area contributed by atoms with E-state index in [-0.39, 0.29) is 28.8 Å². The molecule has 9 heteroatoms. The Bertz CT molecular complexity index is 774. The van der Waals surface area contributed by atoms with Crippen molar-refractivity contribution in [1.29, 1.82) is 0 Å². The van der Waals surface area contributed by atoms with Gasteiger partial charge in [-0.3, -0.25) is 4.57 Å². The Hall–Kier alpha value is -1.90. The highest BCUT2D eigenvalue weighted by atomic mass is 32.2. The monoisotopic (exact) mass is 341 g/mol. The quantitative estimate of drug-likeness (QED) is 0.793. The Morgan fingerprint density at radius 2 is 1.87 bits per heavy atom. The summed E-state index contributed by atoms with van der Waals surface area (Å²) in [6.45, 7) is 7.68. The molecule has 128 valence electrons. The van der Waals surface area contributed by atoms with Crippen molar-refractivity contribution >= 4 is 15.8 Å². The number of sulfone groups is 1. The molecule has 0 bridgehead atoms. The largest absolute Gasteiger partial charge is 0.444 e. The summed E-state index contributed by atoms with van der Waals surface area (Å²) >= 11 is 0. The highest BCUT2D eigenvalue weighted by Crippen LogP contribution is 2.24. The van der Waals surface area contributed by atoms with Gasteiger partial charge in [0.25, 0.3) is 5.16 Å². The first-order chi connectivity index (χ1) is 10.6. The molecule has 2 aromatic heterocycles. The van der Waals surface area contributed by atoms with Gasteiger partial charge >= 0.3 is 0 Å². The Labute approximate surface area is 136 Å². The highest BCUT2D eigenvalue weighted by molar-refractivity contribution is 7.90. The lowest BCUT2D eigenvalue weighted by Crippen LogP contribution is -2.20. The van der Waals surface area contributed by atoms with Gasteiger partial charge in [-0.05, 0) is 13.8 Å². The Morgan fingerprint density at radius 1 is 1.22 bits per heavy atom. The van der Waals surface area contributed by atoms with Crippen LogP contribution in [0.2, 0.25) is 0 Å². The van der Waals surface area contributed by atoms with Crippen LogP contribution in [0.5, 0.6) is 0 Å². The van der Waals surface area contributed by atoms with Gasteiger partial charge in [0, 0.05) is 26.1 Å². The zero-order valence-electron chi connectivity index (χ0n) is 14.3. The molecule has 2 aromatic rings. The predicted molar refractivity (Wildman–Crippen MR) is 86.2 cm³/mol. The minimum absolute atomic E-state index is 0.0690. The van der Waals surface area contributed by atoms with Crippen molar-refractivity contribution in [3.63, 3.8) is 0 Å². The topological polar surface area (TPSA) is 94.1 Å². The number of nitrogens with zero attached hydrogens (tertiary/aromatic N) is 5. The Morgan fingerprint density at radius 3 is 2.35 bits per heavy atom. The summed E-state index contributed by atoms with van der Waals surface area (Å²) < 4.78 is 32.5. The van der Waals surface area contributed by atoms with Crippen LogP contribution in [0.15, 0.2) is 15.8 Å². The zero-order chi connectivity index (χ0) is 17.4. The number of aromatic nitrogens is 4. The molecule has 0 saturated carbocycles. The first-order valence-electron chi connectivity index (χ1n) is 7.43. The van der Waals surface area contributed by atoms with Crippen LogP contribution in [0.3, 0.4) is 0 Å². The van der Waals surface area contributed by atoms with E-state index in [9.17, 15) is 8.42 Å². The SMILES string of the molecule is CC(C)c1cnc(CS(=O)(=O)c2nnc(N(C)C)n2C(C)C)o1. The van der Waals surface area contributed by atoms with Crippen molar-refractivity contribution in [3.8, 4) is 0 Å². The normalized spacial score (nSPS) is 12.3. The molecule has 0 aromatic carbocycles. The number of rotatable bonds is 6. The molecule has 0 saturated heterocycles. The van der Waals surface area contributed by atoms with Crippen molar-refractivity contribution in [2.24, 2.45) is 0 Å². The molecule has 0 N–H and O–H groups in total. The Kier molecular flexibility index (Phi) is 4.79. The van der Waals surface area contributed by atoms with Crippen LogP contribution in [0.25, 0.3) is 0 Å². The summed E-state index contributed by atoms with van der Waals surface area (Å²) in [5, 5.41) is 7.80. The van der Waals surface area contributed by atoms with Gasteiger partial charge < -0.3 is 9.32 Å². The zero-order valence-corrected chi connectivity index (χ0v) is 15.1. The number of oxazole rings is 1. The average molecular weight is 341 g/mol. The maximum absolute atomic E-state index is 12.7. The minimum Gasteiger partial charge on any atom is -0.444 e. The lowest BCUT2D eigenvalue weighted by Gasteiger charge is -2.17. The van der Waals surface area contributed by atoms with Crippen molar-refractivity contribution in [2.45, 2.75) is 50.6 Å². The molecule has 2 rings (SSSR count). The minimum atomic E-state index is -3.71. The fraction of sp³-hybridized carbons (Fsp3) is 0.643. The molecular formula is C14H23N5O3S. The van der Waals surface area contributed by atoms with Crippen LogP contribution < -0.4 is 4.90 Å². The second-order valence-electron chi connectivity index (χ2n) is 6.21. The molecule has 0 spiro atoms. The van der Waals surface area contributed by atoms with Crippen LogP contribution in [-0.4, -0.2) is 42.3 Å². The maximum atomic E-state index is 12.7. The summed E-state index contributed by atoms with van der Waals surface area (Å²) in [5.41, 5.74) is 0. The van der Waals surface area contributed by atoms with Crippen LogP contribution >= 0.6 is 0 Å². The predicted octanol–water partition coefficient (Wildman–Crippen LogP) is 2.01. The van der Waals surface area contributed by atoms with E-state index in [1.54, 1.807) is 29.8 Å². The van der Waals surface area contributed by atoms with E-state index in [2.05, 4.69) is 15.2 Å². The third-order valence-electron chi connectivity index (χ3n) is 3.30. The first-order valence-corrected chi connectivity index (χ1v) is 9.08. The number of hydrogen-bond donors (Lipinski definition) is 0. The van der Waals surface area contributed by atoms with Gasteiger partial charge in [-0.1, -0.05) is 13.8 Å². The standard InChI is InChI=1S/C14H23N5O3S/c1-9(2)11-7-15-12(22-11)8-23(20,21)14-17-16-13(18(5)6)19(14)10(3)4/h7,9-10H,8H2,1-6H3. The smallest absolute Gasteiger partial charge is 0.251 e. The van der Waals surface area contributed by atoms with Gasteiger partial charge in [0.2, 0.25) is 21.7 Å². The van der Waals surface area contributed by atoms with E-state index >= 15 is 0 Å². The van der Waals surface area contributed by atoms with Gasteiger partial charge in [0.05, 0.1) is 6.20 Å². The van der Waals surface area contributed by atoms with Crippen LogP contribution in [0.4, 0.5) is 5.95 Å². The lowest BCUT2D eigenvalue weighted by molar-refractivity contribution is 0.448. The maximum Gasteiger partial charge on any atom is 0.251 e. The molecule has 23 heavy (non-hydrogen) atoms. The molecule has 0 aliphatic carbocycles. The molecule has 0 aliphatic rings. The van der Waals surface area contributed by atoms with E-state index in [4.69, 9.17) is 4.42 Å². The van der Waals surface area contributed by atoms with Crippen molar-refractivity contribution < 1.29 is 12.8 Å². The third kappa shape index (κ3) is 3.54. The summed E-state index contributed by atoms with van der Waals surface area (Å²) in [7, 11) is -0.120. The fourth-order valence-electron chi connectivity index (χ4n) is 2.12. The second kappa shape index (κ2) is 6.31. The Balaban J connectivity index is 2.39. The summed E-state index contributed by atoms with van der Waals surface area (Å²) in [5.74, 6) is 1.14. The van der Waals surface area contributed by atoms with Gasteiger partial charge in [0.1, 0.15) is 11.5 Å². The van der Waals surface area contributed by atoms with Crippen molar-refractivity contribution in [1.82, 2.24) is 19.7 Å². The van der Waals surface area contributed by atoms with Gasteiger partial charge in [-0.15, -0.1) is 10.2 Å². The van der Waals surface area contributed by atoms with Gasteiger partial charge in [-0.25, -0.2) is 13.4 Å². The van der Waals surface area contributed by atoms with E-state index in [0.29, 0.717) is 11.7 Å². The van der Waals surface area contributed by atoms with E-state index in [0.717, 1.165) is 0 Å². The summed E-state index contributed by atoms with van der Waals surface area (Å²) in [4.78, 5) is 5.78. The van der Waals surface area contributed by atoms with Crippen LogP contribution in [-0.2, 0) is 15.6 Å². The van der Waals surface area contributed by atoms with Crippen LogP contribution in [0.1, 0.15) is 51.3 Å². The van der Waals surface area contributed by atoms with Gasteiger partial charge in [-0.2, -0.15) is 0 Å². The van der Waals surface area contributed by atoms with E-state index in [1.165, 1.54) is 0 Å². The van der Waals surface area contributed by atoms with Crippen LogP contribution in [0, 0.1) is 0 Å².